The van der Waals surface area contributed by atoms with Crippen LogP contribution < -0.4 is 11.1 Å². The maximum atomic E-state index is 5.63. The molecular formula is C19H31N5. The fraction of sp³-hybridized carbons (Fsp3) is 0.684. The number of hydrogen-bond acceptors (Lipinski definition) is 4. The normalized spacial score (nSPS) is 19.8. The van der Waals surface area contributed by atoms with Gasteiger partial charge < -0.3 is 16.0 Å². The smallest absolute Gasteiger partial charge is 0.143 e. The number of aryl methyl sites for hydroxylation is 1. The molecule has 5 heteroatoms. The zero-order chi connectivity index (χ0) is 16.8. The lowest BCUT2D eigenvalue weighted by Crippen LogP contribution is -2.22. The Balaban J connectivity index is 0.000000203. The highest BCUT2D eigenvalue weighted by Gasteiger charge is 2.15. The average molecular weight is 329 g/mol. The van der Waals surface area contributed by atoms with Crippen LogP contribution in [0.15, 0.2) is 12.4 Å². The quantitative estimate of drug-likeness (QED) is 0.768. The molecule has 0 aromatic carbocycles. The van der Waals surface area contributed by atoms with E-state index in [4.69, 9.17) is 5.73 Å². The van der Waals surface area contributed by atoms with Crippen molar-refractivity contribution in [1.29, 1.82) is 0 Å². The third-order valence-electron chi connectivity index (χ3n) is 5.16. The van der Waals surface area contributed by atoms with E-state index in [1.54, 1.807) is 6.33 Å². The van der Waals surface area contributed by atoms with E-state index in [0.717, 1.165) is 22.5 Å². The summed E-state index contributed by atoms with van der Waals surface area (Å²) < 4.78 is 0. The minimum absolute atomic E-state index is 0.536. The van der Waals surface area contributed by atoms with Crippen molar-refractivity contribution in [1.82, 2.24) is 15.0 Å². The number of nitrogens with two attached hydrogens (primary N) is 1. The van der Waals surface area contributed by atoms with Gasteiger partial charge in [-0.1, -0.05) is 38.5 Å². The van der Waals surface area contributed by atoms with Crippen LogP contribution in [0.2, 0.25) is 0 Å². The summed E-state index contributed by atoms with van der Waals surface area (Å²) in [7, 11) is 0. The van der Waals surface area contributed by atoms with Crippen molar-refractivity contribution in [3.05, 3.63) is 18.1 Å². The van der Waals surface area contributed by atoms with Gasteiger partial charge >= 0.3 is 0 Å². The molecule has 132 valence electrons. The molecule has 2 aromatic rings. The topological polar surface area (TPSA) is 79.6 Å². The standard InChI is InChI=1S/C13H18N4.C6H13N/c1-9-7-11-12(16-9)14-8-15-13(11)17-10-5-3-2-4-6-10;7-6-4-2-1-3-5-6/h7-8,10H,2-6H2,1H3,(H2,14,15,16,17);6H,1-5,7H2. The lowest BCUT2D eigenvalue weighted by Gasteiger charge is -2.23. The van der Waals surface area contributed by atoms with Gasteiger partial charge in [-0.25, -0.2) is 9.97 Å². The second-order valence-corrected chi connectivity index (χ2v) is 7.31. The summed E-state index contributed by atoms with van der Waals surface area (Å²) in [6, 6.07) is 3.23. The van der Waals surface area contributed by atoms with Gasteiger partial charge in [-0.3, -0.25) is 0 Å². The van der Waals surface area contributed by atoms with Crippen LogP contribution in [0.4, 0.5) is 5.82 Å². The minimum Gasteiger partial charge on any atom is -0.367 e. The summed E-state index contributed by atoms with van der Waals surface area (Å²) in [4.78, 5) is 11.9. The van der Waals surface area contributed by atoms with Gasteiger partial charge in [0.05, 0.1) is 5.39 Å². The van der Waals surface area contributed by atoms with Crippen molar-refractivity contribution in [2.75, 3.05) is 5.32 Å². The highest BCUT2D eigenvalue weighted by Crippen LogP contribution is 2.25. The zero-order valence-corrected chi connectivity index (χ0v) is 14.9. The maximum Gasteiger partial charge on any atom is 0.143 e. The molecule has 2 saturated carbocycles. The summed E-state index contributed by atoms with van der Waals surface area (Å²) in [5, 5.41) is 4.67. The molecule has 2 aliphatic rings. The first-order valence-electron chi connectivity index (χ1n) is 9.55. The fourth-order valence-electron chi connectivity index (χ4n) is 3.76. The average Bonchev–Trinajstić information content (AvgIpc) is 2.99. The van der Waals surface area contributed by atoms with Crippen molar-refractivity contribution in [2.45, 2.75) is 83.2 Å². The number of aromatic amines is 1. The van der Waals surface area contributed by atoms with Gasteiger partial charge in [-0.05, 0) is 38.7 Å². The molecule has 0 bridgehead atoms. The van der Waals surface area contributed by atoms with Crippen molar-refractivity contribution in [3.63, 3.8) is 0 Å². The van der Waals surface area contributed by atoms with E-state index in [-0.39, 0.29) is 0 Å². The van der Waals surface area contributed by atoms with Crippen LogP contribution in [0, 0.1) is 6.92 Å². The monoisotopic (exact) mass is 329 g/mol. The Bertz CT molecular complexity index is 624. The number of H-pyrrole nitrogens is 1. The Labute approximate surface area is 144 Å². The van der Waals surface area contributed by atoms with Crippen LogP contribution in [-0.2, 0) is 0 Å². The van der Waals surface area contributed by atoms with Crippen LogP contribution in [-0.4, -0.2) is 27.0 Å². The largest absolute Gasteiger partial charge is 0.367 e. The second-order valence-electron chi connectivity index (χ2n) is 7.31. The predicted molar refractivity (Wildman–Crippen MR) is 100 cm³/mol. The fourth-order valence-corrected chi connectivity index (χ4v) is 3.76. The van der Waals surface area contributed by atoms with Gasteiger partial charge in [0.2, 0.25) is 0 Å². The SMILES string of the molecule is Cc1cc2c(NC3CCCCC3)ncnc2[nH]1.NC1CCCCC1. The molecule has 0 radical (unpaired) electrons. The van der Waals surface area contributed by atoms with E-state index in [2.05, 4.69) is 26.3 Å². The minimum atomic E-state index is 0.536. The van der Waals surface area contributed by atoms with E-state index in [1.165, 1.54) is 64.2 Å². The van der Waals surface area contributed by atoms with Crippen LogP contribution in [0.5, 0.6) is 0 Å². The van der Waals surface area contributed by atoms with Gasteiger partial charge in [-0.2, -0.15) is 0 Å². The molecule has 2 aliphatic carbocycles. The van der Waals surface area contributed by atoms with Gasteiger partial charge in [0.25, 0.3) is 0 Å². The van der Waals surface area contributed by atoms with E-state index in [1.807, 2.05) is 6.92 Å². The Morgan fingerprint density at radius 3 is 2.29 bits per heavy atom. The van der Waals surface area contributed by atoms with Crippen LogP contribution >= 0.6 is 0 Å². The van der Waals surface area contributed by atoms with Gasteiger partial charge in [0.1, 0.15) is 17.8 Å². The first-order chi connectivity index (χ1) is 11.7. The molecule has 0 spiro atoms. The zero-order valence-electron chi connectivity index (χ0n) is 14.9. The predicted octanol–water partition coefficient (Wildman–Crippen LogP) is 4.29. The molecule has 4 N–H and O–H groups in total. The lowest BCUT2D eigenvalue weighted by atomic mass is 9.95. The van der Waals surface area contributed by atoms with Gasteiger partial charge in [-0.15, -0.1) is 0 Å². The van der Waals surface area contributed by atoms with Crippen LogP contribution in [0.25, 0.3) is 11.0 Å². The van der Waals surface area contributed by atoms with Crippen LogP contribution in [0.1, 0.15) is 69.9 Å². The first kappa shape index (κ1) is 17.2. The van der Waals surface area contributed by atoms with E-state index >= 15 is 0 Å². The molecule has 0 unspecified atom stereocenters. The van der Waals surface area contributed by atoms with Gasteiger partial charge in [0.15, 0.2) is 0 Å². The molecule has 2 aromatic heterocycles. The Morgan fingerprint density at radius 1 is 1.00 bits per heavy atom. The third-order valence-corrected chi connectivity index (χ3v) is 5.16. The number of nitrogens with zero attached hydrogens (tertiary/aromatic N) is 2. The Hall–Kier alpha value is -1.62. The highest BCUT2D eigenvalue weighted by molar-refractivity contribution is 5.87. The number of hydrogen-bond donors (Lipinski definition) is 3. The number of rotatable bonds is 2. The van der Waals surface area contributed by atoms with E-state index in [0.29, 0.717) is 12.1 Å². The van der Waals surface area contributed by atoms with Crippen molar-refractivity contribution >= 4 is 16.9 Å². The Morgan fingerprint density at radius 2 is 1.67 bits per heavy atom. The number of nitrogens with one attached hydrogen (secondary N) is 2. The third kappa shape index (κ3) is 4.69. The molecule has 0 aliphatic heterocycles. The van der Waals surface area contributed by atoms with Crippen LogP contribution in [0.3, 0.4) is 0 Å². The molecule has 2 heterocycles. The van der Waals surface area contributed by atoms with Gasteiger partial charge in [0, 0.05) is 17.8 Å². The molecule has 0 amide bonds. The summed E-state index contributed by atoms with van der Waals surface area (Å²) >= 11 is 0. The molecular weight excluding hydrogens is 298 g/mol. The molecule has 2 fully saturated rings. The maximum absolute atomic E-state index is 5.63. The van der Waals surface area contributed by atoms with E-state index < -0.39 is 0 Å². The molecule has 5 nitrogen and oxygen atoms in total. The number of aromatic nitrogens is 3. The summed E-state index contributed by atoms with van der Waals surface area (Å²) in [6.45, 7) is 2.05. The molecule has 24 heavy (non-hydrogen) atoms. The summed E-state index contributed by atoms with van der Waals surface area (Å²) in [5.74, 6) is 0.978. The molecule has 4 rings (SSSR count). The summed E-state index contributed by atoms with van der Waals surface area (Å²) in [6.07, 6.45) is 14.8. The highest BCUT2D eigenvalue weighted by atomic mass is 15.1. The van der Waals surface area contributed by atoms with Crippen molar-refractivity contribution < 1.29 is 0 Å². The summed E-state index contributed by atoms with van der Waals surface area (Å²) in [5.41, 5.74) is 7.69. The first-order valence-corrected chi connectivity index (χ1v) is 9.55. The van der Waals surface area contributed by atoms with Crippen molar-refractivity contribution in [2.24, 2.45) is 5.73 Å². The molecule has 0 atom stereocenters. The second kappa shape index (κ2) is 8.47. The Kier molecular flexibility index (Phi) is 6.07. The number of fused-ring (bicyclic) bond motifs is 1. The van der Waals surface area contributed by atoms with Crippen molar-refractivity contribution in [3.8, 4) is 0 Å². The number of anilines is 1. The van der Waals surface area contributed by atoms with E-state index in [9.17, 15) is 0 Å². The molecule has 0 saturated heterocycles. The lowest BCUT2D eigenvalue weighted by molar-refractivity contribution is 0.441.